The zero-order valence-electron chi connectivity index (χ0n) is 20.4. The molecular weight excluding hydrogens is 476 g/mol. The van der Waals surface area contributed by atoms with Crippen molar-refractivity contribution in [2.24, 2.45) is 5.10 Å². The first-order valence-corrected chi connectivity index (χ1v) is 11.6. The van der Waals surface area contributed by atoms with Gasteiger partial charge >= 0.3 is 5.97 Å². The van der Waals surface area contributed by atoms with E-state index in [2.05, 4.69) is 36.8 Å². The van der Waals surface area contributed by atoms with E-state index in [1.165, 1.54) is 0 Å². The number of carbonyl (C=O) groups excluding carboxylic acids is 2. The summed E-state index contributed by atoms with van der Waals surface area (Å²) in [6, 6.07) is 12.2. The van der Waals surface area contributed by atoms with Crippen molar-refractivity contribution in [3.63, 3.8) is 0 Å². The highest BCUT2D eigenvalue weighted by molar-refractivity contribution is 5.82. The average Bonchev–Trinajstić information content (AvgIpc) is 3.53. The van der Waals surface area contributed by atoms with Crippen LogP contribution in [0.1, 0.15) is 41.5 Å². The Balaban J connectivity index is 1.48. The number of nitrogens with one attached hydrogen (secondary N) is 5. The third kappa shape index (κ3) is 6.30. The van der Waals surface area contributed by atoms with Gasteiger partial charge in [0, 0.05) is 23.4 Å². The molecule has 12 heteroatoms. The molecule has 4 rings (SSSR count). The number of hydrazine groups is 2. The maximum absolute atomic E-state index is 12.9. The van der Waals surface area contributed by atoms with Gasteiger partial charge < -0.3 is 20.7 Å². The van der Waals surface area contributed by atoms with E-state index in [0.29, 0.717) is 30.0 Å². The second-order valence-electron chi connectivity index (χ2n) is 8.62. The van der Waals surface area contributed by atoms with E-state index in [4.69, 9.17) is 0 Å². The van der Waals surface area contributed by atoms with E-state index in [0.717, 1.165) is 28.1 Å². The van der Waals surface area contributed by atoms with E-state index in [1.807, 2.05) is 32.0 Å². The van der Waals surface area contributed by atoms with Crippen molar-refractivity contribution in [2.45, 2.75) is 39.2 Å². The van der Waals surface area contributed by atoms with Crippen LogP contribution in [-0.2, 0) is 20.8 Å². The highest BCUT2D eigenvalue weighted by Crippen LogP contribution is 2.26. The molecule has 6 N–H and O–H groups in total. The van der Waals surface area contributed by atoms with Crippen LogP contribution in [0.2, 0.25) is 0 Å². The standard InChI is InChI=1S/C25H28N8O4/c1-15-3-9-21(33-13-27-31-32-33)18(11-15)6-10-22(35)29-20(12-23(36)37)25-28-16(2)24(30-25)17-4-7-19(8-5-17)26-14-34/h3-5,7-9,11,13-14,20,31-32H,6,10,12H2,1-2H3,(H,26,34)(H,28,30)(H,29,35)(H,36,37)/t20-/m0/s1. The number of anilines is 2. The molecule has 0 saturated carbocycles. The van der Waals surface area contributed by atoms with Gasteiger partial charge in [0.25, 0.3) is 0 Å². The van der Waals surface area contributed by atoms with E-state index >= 15 is 0 Å². The number of H-pyrrole nitrogens is 1. The molecule has 0 aliphatic carbocycles. The van der Waals surface area contributed by atoms with Crippen molar-refractivity contribution in [2.75, 3.05) is 10.3 Å². The summed E-state index contributed by atoms with van der Waals surface area (Å²) < 4.78 is 0. The van der Waals surface area contributed by atoms with E-state index in [9.17, 15) is 19.5 Å². The maximum atomic E-state index is 12.9. The number of imidazole rings is 1. The Morgan fingerprint density at radius 2 is 1.95 bits per heavy atom. The van der Waals surface area contributed by atoms with Gasteiger partial charge in [0.2, 0.25) is 12.3 Å². The lowest BCUT2D eigenvalue weighted by molar-refractivity contribution is -0.137. The summed E-state index contributed by atoms with van der Waals surface area (Å²) in [4.78, 5) is 42.8. The molecule has 0 radical (unpaired) electrons. The lowest BCUT2D eigenvalue weighted by Crippen LogP contribution is -2.37. The minimum absolute atomic E-state index is 0.155. The Kier molecular flexibility index (Phi) is 7.79. The van der Waals surface area contributed by atoms with Crippen molar-refractivity contribution in [3.8, 4) is 11.3 Å². The third-order valence-electron chi connectivity index (χ3n) is 5.86. The molecular formula is C25H28N8O4. The summed E-state index contributed by atoms with van der Waals surface area (Å²) in [6.07, 6.45) is 2.47. The zero-order valence-corrected chi connectivity index (χ0v) is 20.4. The molecule has 1 aromatic heterocycles. The average molecular weight is 505 g/mol. The number of amides is 2. The Bertz CT molecular complexity index is 1320. The number of aromatic amines is 1. The van der Waals surface area contributed by atoms with Crippen LogP contribution in [0.4, 0.5) is 11.4 Å². The number of benzene rings is 2. The number of carbonyl (C=O) groups is 3. The zero-order chi connectivity index (χ0) is 26.4. The van der Waals surface area contributed by atoms with Crippen LogP contribution in [0, 0.1) is 13.8 Å². The van der Waals surface area contributed by atoms with Gasteiger partial charge in [-0.2, -0.15) is 5.10 Å². The number of carboxylic acids is 1. The molecule has 2 aromatic carbocycles. The second kappa shape index (κ2) is 11.4. The minimum atomic E-state index is -1.06. The Labute approximate surface area is 213 Å². The van der Waals surface area contributed by atoms with Gasteiger partial charge in [-0.3, -0.25) is 14.4 Å². The van der Waals surface area contributed by atoms with Gasteiger partial charge in [0.1, 0.15) is 12.2 Å². The van der Waals surface area contributed by atoms with Crippen LogP contribution in [0.5, 0.6) is 0 Å². The third-order valence-corrected chi connectivity index (χ3v) is 5.86. The van der Waals surface area contributed by atoms with Gasteiger partial charge in [0.05, 0.1) is 23.8 Å². The summed E-state index contributed by atoms with van der Waals surface area (Å²) in [5, 5.41) is 20.5. The highest BCUT2D eigenvalue weighted by atomic mass is 16.4. The maximum Gasteiger partial charge on any atom is 0.305 e. The van der Waals surface area contributed by atoms with Crippen molar-refractivity contribution < 1.29 is 19.5 Å². The predicted octanol–water partition coefficient (Wildman–Crippen LogP) is 2.30. The number of aryl methyl sites for hydroxylation is 3. The molecule has 2 amide bonds. The number of carboxylic acid groups (broad SMARTS) is 1. The van der Waals surface area contributed by atoms with E-state index in [-0.39, 0.29) is 18.7 Å². The first-order valence-electron chi connectivity index (χ1n) is 11.6. The van der Waals surface area contributed by atoms with Crippen LogP contribution in [0.25, 0.3) is 11.3 Å². The van der Waals surface area contributed by atoms with Crippen molar-refractivity contribution in [1.82, 2.24) is 26.4 Å². The van der Waals surface area contributed by atoms with E-state index in [1.54, 1.807) is 35.6 Å². The van der Waals surface area contributed by atoms with Gasteiger partial charge in [-0.15, -0.1) is 5.53 Å². The normalized spacial score (nSPS) is 13.2. The predicted molar refractivity (Wildman–Crippen MR) is 138 cm³/mol. The van der Waals surface area contributed by atoms with Crippen LogP contribution in [0.15, 0.2) is 47.6 Å². The Morgan fingerprint density at radius 3 is 2.62 bits per heavy atom. The lowest BCUT2D eigenvalue weighted by atomic mass is 10.0. The minimum Gasteiger partial charge on any atom is -0.481 e. The van der Waals surface area contributed by atoms with Gasteiger partial charge in [0.15, 0.2) is 0 Å². The van der Waals surface area contributed by atoms with Crippen LogP contribution < -0.4 is 26.7 Å². The van der Waals surface area contributed by atoms with Crippen molar-refractivity contribution in [1.29, 1.82) is 0 Å². The number of hydrogen-bond donors (Lipinski definition) is 6. The first-order chi connectivity index (χ1) is 17.8. The highest BCUT2D eigenvalue weighted by Gasteiger charge is 2.23. The molecule has 1 aliphatic rings. The van der Waals surface area contributed by atoms with Crippen molar-refractivity contribution in [3.05, 3.63) is 65.1 Å². The molecule has 12 nitrogen and oxygen atoms in total. The van der Waals surface area contributed by atoms with E-state index < -0.39 is 12.0 Å². The first kappa shape index (κ1) is 25.4. The Morgan fingerprint density at radius 1 is 1.16 bits per heavy atom. The molecule has 0 fully saturated rings. The summed E-state index contributed by atoms with van der Waals surface area (Å²) >= 11 is 0. The summed E-state index contributed by atoms with van der Waals surface area (Å²) in [5.74, 6) is -0.990. The molecule has 3 aromatic rings. The fourth-order valence-electron chi connectivity index (χ4n) is 4.10. The van der Waals surface area contributed by atoms with Crippen LogP contribution in [-0.4, -0.2) is 39.7 Å². The molecule has 0 unspecified atom stereocenters. The van der Waals surface area contributed by atoms with Crippen molar-refractivity contribution >= 4 is 36.0 Å². The summed E-state index contributed by atoms with van der Waals surface area (Å²) in [5.41, 5.74) is 11.2. The number of aromatic nitrogens is 2. The van der Waals surface area contributed by atoms with Crippen LogP contribution >= 0.6 is 0 Å². The molecule has 0 saturated heterocycles. The monoisotopic (exact) mass is 504 g/mol. The van der Waals surface area contributed by atoms with Crippen LogP contribution in [0.3, 0.4) is 0 Å². The molecule has 1 aliphatic heterocycles. The molecule has 2 heterocycles. The topological polar surface area (TPSA) is 164 Å². The second-order valence-corrected chi connectivity index (χ2v) is 8.62. The fourth-order valence-corrected chi connectivity index (χ4v) is 4.10. The number of hydrazone groups is 1. The fraction of sp³-hybridized carbons (Fsp3) is 0.240. The Hall–Kier alpha value is -4.71. The summed E-state index contributed by atoms with van der Waals surface area (Å²) in [6.45, 7) is 3.80. The molecule has 1 atom stereocenters. The molecule has 0 bridgehead atoms. The summed E-state index contributed by atoms with van der Waals surface area (Å²) in [7, 11) is 0. The smallest absolute Gasteiger partial charge is 0.305 e. The largest absolute Gasteiger partial charge is 0.481 e. The van der Waals surface area contributed by atoms with Gasteiger partial charge in [-0.25, -0.2) is 15.5 Å². The van der Waals surface area contributed by atoms with Gasteiger partial charge in [-0.05, 0) is 44.0 Å². The number of nitrogens with zero attached hydrogens (tertiary/aromatic N) is 3. The lowest BCUT2D eigenvalue weighted by Gasteiger charge is -2.19. The number of hydrogen-bond acceptors (Lipinski definition) is 8. The number of aliphatic carboxylic acids is 1. The number of rotatable bonds is 11. The quantitative estimate of drug-likeness (QED) is 0.217. The SMILES string of the molecule is Cc1ccc(N2C=NNN2)c(CCC(=O)N[C@@H](CC(=O)O)c2nc(-c3ccc(NC=O)cc3)c(C)[nH]2)c1. The molecule has 192 valence electrons. The van der Waals surface area contributed by atoms with Gasteiger partial charge in [-0.1, -0.05) is 29.8 Å². The molecule has 37 heavy (non-hydrogen) atoms. The molecule has 0 spiro atoms.